The molecular weight excluding hydrogens is 639 g/mol. The Hall–Kier alpha value is -6.85. The number of furan rings is 2. The lowest BCUT2D eigenvalue weighted by atomic mass is 9.91. The molecule has 52 heavy (non-hydrogen) atoms. The highest BCUT2D eigenvalue weighted by Crippen LogP contribution is 2.43. The first-order valence-corrected chi connectivity index (χ1v) is 17.7. The molecule has 0 bridgehead atoms. The maximum atomic E-state index is 6.73. The fourth-order valence-electron chi connectivity index (χ4n) is 7.94. The zero-order valence-electron chi connectivity index (χ0n) is 28.0. The van der Waals surface area contributed by atoms with Gasteiger partial charge in [-0.2, -0.15) is 0 Å². The molecule has 0 radical (unpaired) electrons. The maximum Gasteiger partial charge on any atom is 0.164 e. The van der Waals surface area contributed by atoms with Crippen LogP contribution >= 0.6 is 0 Å². The molecule has 3 heterocycles. The maximum absolute atomic E-state index is 6.73. The Kier molecular flexibility index (Phi) is 6.31. The molecule has 0 saturated heterocycles. The topological polar surface area (TPSA) is 65.0 Å². The summed E-state index contributed by atoms with van der Waals surface area (Å²) in [7, 11) is 0. The minimum absolute atomic E-state index is 0.593. The third-order valence-corrected chi connectivity index (χ3v) is 10.4. The van der Waals surface area contributed by atoms with E-state index in [1.807, 2.05) is 60.7 Å². The van der Waals surface area contributed by atoms with E-state index in [2.05, 4.69) is 91.0 Å². The van der Waals surface area contributed by atoms with E-state index < -0.39 is 0 Å². The van der Waals surface area contributed by atoms with Gasteiger partial charge in [-0.25, -0.2) is 15.0 Å². The Balaban J connectivity index is 1.12. The third-order valence-electron chi connectivity index (χ3n) is 10.4. The molecule has 0 spiro atoms. The smallest absolute Gasteiger partial charge is 0.164 e. The van der Waals surface area contributed by atoms with Gasteiger partial charge in [-0.3, -0.25) is 0 Å². The number of nitrogens with zero attached hydrogens (tertiary/aromatic N) is 3. The van der Waals surface area contributed by atoms with Crippen LogP contribution in [0, 0.1) is 0 Å². The molecule has 7 aromatic carbocycles. The number of allylic oxidation sites excluding steroid dienone is 1. The molecule has 5 heteroatoms. The van der Waals surface area contributed by atoms with E-state index in [9.17, 15) is 0 Å². The van der Waals surface area contributed by atoms with Gasteiger partial charge in [0.25, 0.3) is 0 Å². The monoisotopic (exact) mass is 667 g/mol. The summed E-state index contributed by atoms with van der Waals surface area (Å²) >= 11 is 0. The second-order valence-electron chi connectivity index (χ2n) is 13.4. The Bertz CT molecular complexity index is 3080. The summed E-state index contributed by atoms with van der Waals surface area (Å²) in [4.78, 5) is 15.4. The van der Waals surface area contributed by atoms with E-state index in [1.165, 1.54) is 21.9 Å². The van der Waals surface area contributed by atoms with Crippen LogP contribution in [0.4, 0.5) is 0 Å². The molecule has 1 aliphatic rings. The Labute approximate surface area is 298 Å². The average molecular weight is 668 g/mol. The van der Waals surface area contributed by atoms with Gasteiger partial charge in [0, 0.05) is 49.4 Å². The lowest BCUT2D eigenvalue weighted by Crippen LogP contribution is -2.00. The van der Waals surface area contributed by atoms with Crippen LogP contribution in [0.3, 0.4) is 0 Å². The van der Waals surface area contributed by atoms with Gasteiger partial charge in [-0.15, -0.1) is 0 Å². The minimum atomic E-state index is 0.593. The van der Waals surface area contributed by atoms with Crippen molar-refractivity contribution in [2.24, 2.45) is 0 Å². The van der Waals surface area contributed by atoms with Crippen LogP contribution in [0.2, 0.25) is 0 Å². The Morgan fingerprint density at radius 3 is 2.02 bits per heavy atom. The largest absolute Gasteiger partial charge is 0.455 e. The number of rotatable bonds is 4. The van der Waals surface area contributed by atoms with Crippen molar-refractivity contribution in [3.63, 3.8) is 0 Å². The summed E-state index contributed by atoms with van der Waals surface area (Å²) in [6, 6.07) is 48.0. The van der Waals surface area contributed by atoms with E-state index in [1.54, 1.807) is 0 Å². The first-order chi connectivity index (χ1) is 25.8. The number of benzene rings is 7. The van der Waals surface area contributed by atoms with Crippen molar-refractivity contribution in [2.45, 2.75) is 12.8 Å². The third kappa shape index (κ3) is 4.46. The first-order valence-electron chi connectivity index (χ1n) is 17.7. The zero-order chi connectivity index (χ0) is 34.2. The summed E-state index contributed by atoms with van der Waals surface area (Å²) in [5.41, 5.74) is 10.7. The summed E-state index contributed by atoms with van der Waals surface area (Å²) in [5.74, 6) is 1.84. The first kappa shape index (κ1) is 28.9. The van der Waals surface area contributed by atoms with E-state index in [-0.39, 0.29) is 0 Å². The molecule has 1 aliphatic carbocycles. The van der Waals surface area contributed by atoms with Gasteiger partial charge in [0.1, 0.15) is 22.3 Å². The van der Waals surface area contributed by atoms with Crippen molar-refractivity contribution in [3.8, 4) is 45.3 Å². The van der Waals surface area contributed by atoms with Crippen LogP contribution in [0.25, 0.3) is 106 Å². The highest BCUT2D eigenvalue weighted by Gasteiger charge is 2.21. The lowest BCUT2D eigenvalue weighted by Gasteiger charge is -2.14. The fourth-order valence-corrected chi connectivity index (χ4v) is 7.94. The number of fused-ring (bicyclic) bond motifs is 9. The number of aryl methyl sites for hydroxylation is 1. The molecule has 0 atom stereocenters. The molecular formula is C47H29N3O2. The fraction of sp³-hybridized carbons (Fsp3) is 0.0426. The molecule has 5 nitrogen and oxygen atoms in total. The summed E-state index contributed by atoms with van der Waals surface area (Å²) in [6.07, 6.45) is 6.69. The molecule has 10 aromatic rings. The van der Waals surface area contributed by atoms with Gasteiger partial charge in [0.15, 0.2) is 17.5 Å². The molecule has 0 unspecified atom stereocenters. The lowest BCUT2D eigenvalue weighted by molar-refractivity contribution is 0.665. The molecule has 0 saturated carbocycles. The highest BCUT2D eigenvalue weighted by molar-refractivity contribution is 6.17. The quantitative estimate of drug-likeness (QED) is 0.187. The van der Waals surface area contributed by atoms with Gasteiger partial charge in [-0.1, -0.05) is 133 Å². The second-order valence-corrected chi connectivity index (χ2v) is 13.4. The van der Waals surface area contributed by atoms with E-state index in [0.29, 0.717) is 17.5 Å². The summed E-state index contributed by atoms with van der Waals surface area (Å²) < 4.78 is 13.2. The molecule has 0 amide bonds. The SMILES string of the molecule is C1=Cc2c(ccc3cc(-c4nc(-c5ccccc5)nc(-c5cccc6oc7c(-c8cccc9c8oc8ccccc89)cccc7c56)n4)ccc23)CC1. The molecule has 3 aromatic heterocycles. The van der Waals surface area contributed by atoms with Gasteiger partial charge >= 0.3 is 0 Å². The van der Waals surface area contributed by atoms with Crippen LogP contribution in [0.15, 0.2) is 154 Å². The minimum Gasteiger partial charge on any atom is -0.455 e. The van der Waals surface area contributed by atoms with Crippen molar-refractivity contribution in [2.75, 3.05) is 0 Å². The predicted molar refractivity (Wildman–Crippen MR) is 211 cm³/mol. The van der Waals surface area contributed by atoms with Crippen LogP contribution in [-0.4, -0.2) is 15.0 Å². The number of hydrogen-bond acceptors (Lipinski definition) is 5. The number of para-hydroxylation sites is 3. The van der Waals surface area contributed by atoms with Crippen molar-refractivity contribution < 1.29 is 8.83 Å². The normalized spacial score (nSPS) is 12.8. The standard InChI is InChI=1S/C47H29N3O2/c1-2-12-29(13-3-1)45-48-46(31-25-26-33-30(27-31)24-23-28-11-4-5-14-32(28)33)50-47(49-45)39-20-10-22-41-42(39)38-19-9-18-37(44(38)52-41)36-17-8-16-35-34-15-6-7-21-40(34)51-43(35)36/h1-3,5-10,12-27H,4,11H2. The van der Waals surface area contributed by atoms with Gasteiger partial charge in [-0.05, 0) is 52.9 Å². The van der Waals surface area contributed by atoms with E-state index >= 15 is 0 Å². The number of aromatic nitrogens is 3. The molecule has 11 rings (SSSR count). The van der Waals surface area contributed by atoms with Crippen LogP contribution in [-0.2, 0) is 6.42 Å². The van der Waals surface area contributed by atoms with Crippen LogP contribution < -0.4 is 0 Å². The summed E-state index contributed by atoms with van der Waals surface area (Å²) in [5, 5.41) is 6.55. The summed E-state index contributed by atoms with van der Waals surface area (Å²) in [6.45, 7) is 0. The van der Waals surface area contributed by atoms with Crippen LogP contribution in [0.5, 0.6) is 0 Å². The van der Waals surface area contributed by atoms with Crippen molar-refractivity contribution in [1.82, 2.24) is 15.0 Å². The van der Waals surface area contributed by atoms with Gasteiger partial charge in [0.2, 0.25) is 0 Å². The van der Waals surface area contributed by atoms with E-state index in [0.717, 1.165) is 84.5 Å². The molecule has 244 valence electrons. The Morgan fingerprint density at radius 1 is 0.462 bits per heavy atom. The average Bonchev–Trinajstić information content (AvgIpc) is 3.80. The molecule has 0 N–H and O–H groups in total. The molecule has 0 fully saturated rings. The van der Waals surface area contributed by atoms with Gasteiger partial charge < -0.3 is 8.83 Å². The second kappa shape index (κ2) is 11.3. The zero-order valence-corrected chi connectivity index (χ0v) is 28.0. The van der Waals surface area contributed by atoms with Crippen molar-refractivity contribution in [3.05, 3.63) is 157 Å². The highest BCUT2D eigenvalue weighted by atomic mass is 16.3. The van der Waals surface area contributed by atoms with E-state index in [4.69, 9.17) is 23.8 Å². The van der Waals surface area contributed by atoms with Crippen molar-refractivity contribution >= 4 is 60.7 Å². The predicted octanol–water partition coefficient (Wildman–Crippen LogP) is 12.5. The number of hydrogen-bond donors (Lipinski definition) is 0. The Morgan fingerprint density at radius 2 is 1.13 bits per heavy atom. The van der Waals surface area contributed by atoms with Crippen LogP contribution in [0.1, 0.15) is 17.5 Å². The van der Waals surface area contributed by atoms with Gasteiger partial charge in [0.05, 0.1) is 0 Å². The van der Waals surface area contributed by atoms with Crippen molar-refractivity contribution in [1.29, 1.82) is 0 Å². The molecule has 0 aliphatic heterocycles.